The highest BCUT2D eigenvalue weighted by Gasteiger charge is 2.22. The molecule has 2 aromatic heterocycles. The summed E-state index contributed by atoms with van der Waals surface area (Å²) in [7, 11) is 1.33. The zero-order chi connectivity index (χ0) is 21.4. The average Bonchev–Trinajstić information content (AvgIpc) is 3.47. The molecule has 0 bridgehead atoms. The third-order valence-electron chi connectivity index (χ3n) is 5.47. The second-order valence-electron chi connectivity index (χ2n) is 7.47. The molecule has 0 radical (unpaired) electrons. The minimum atomic E-state index is -0.430. The molecule has 5 rings (SSSR count). The molecule has 2 aromatic carbocycles. The molecule has 0 fully saturated rings. The van der Waals surface area contributed by atoms with Crippen molar-refractivity contribution in [1.29, 1.82) is 0 Å². The average molecular weight is 433 g/mol. The van der Waals surface area contributed by atoms with E-state index in [0.717, 1.165) is 23.1 Å². The second kappa shape index (κ2) is 7.96. The third-order valence-corrected chi connectivity index (χ3v) is 6.49. The van der Waals surface area contributed by atoms with E-state index in [2.05, 4.69) is 27.2 Å². The van der Waals surface area contributed by atoms with Crippen molar-refractivity contribution in [2.24, 2.45) is 4.99 Å². The molecule has 8 heteroatoms. The van der Waals surface area contributed by atoms with E-state index >= 15 is 0 Å². The van der Waals surface area contributed by atoms with E-state index in [4.69, 9.17) is 4.74 Å². The van der Waals surface area contributed by atoms with Crippen LogP contribution in [0.4, 0.5) is 0 Å². The number of aromatic nitrogens is 3. The molecule has 156 valence electrons. The molecule has 0 aliphatic heterocycles. The Morgan fingerprint density at radius 2 is 1.94 bits per heavy atom. The Labute approximate surface area is 182 Å². The Kier molecular flexibility index (Phi) is 4.99. The van der Waals surface area contributed by atoms with Crippen molar-refractivity contribution >= 4 is 33.7 Å². The van der Waals surface area contributed by atoms with Gasteiger partial charge in [-0.2, -0.15) is 4.68 Å². The quantitative estimate of drug-likeness (QED) is 0.388. The Balaban J connectivity index is 1.51. The molecule has 0 atom stereocenters. The molecular formula is C23H20N4O3S. The summed E-state index contributed by atoms with van der Waals surface area (Å²) in [4.78, 5) is 34.4. The molecule has 7 nitrogen and oxygen atoms in total. The lowest BCUT2D eigenvalue weighted by Gasteiger charge is -2.01. The first-order valence-electron chi connectivity index (χ1n) is 9.99. The summed E-state index contributed by atoms with van der Waals surface area (Å²) in [5.74, 6) is -0.430. The first-order valence-corrected chi connectivity index (χ1v) is 10.8. The lowest BCUT2D eigenvalue weighted by molar-refractivity contribution is -0.139. The molecule has 0 spiro atoms. The van der Waals surface area contributed by atoms with E-state index in [-0.39, 0.29) is 18.0 Å². The lowest BCUT2D eigenvalue weighted by atomic mass is 10.1. The van der Waals surface area contributed by atoms with E-state index in [1.54, 1.807) is 6.21 Å². The van der Waals surface area contributed by atoms with Crippen molar-refractivity contribution in [2.75, 3.05) is 7.11 Å². The fraction of sp³-hybridized carbons (Fsp3) is 0.217. The van der Waals surface area contributed by atoms with Gasteiger partial charge >= 0.3 is 5.97 Å². The highest BCUT2D eigenvalue weighted by molar-refractivity contribution is 7.20. The highest BCUT2D eigenvalue weighted by atomic mass is 32.1. The van der Waals surface area contributed by atoms with E-state index in [9.17, 15) is 9.59 Å². The van der Waals surface area contributed by atoms with Gasteiger partial charge in [0.15, 0.2) is 0 Å². The number of nitrogens with zero attached hydrogens (tertiary/aromatic N) is 3. The van der Waals surface area contributed by atoms with Gasteiger partial charge in [0.25, 0.3) is 5.56 Å². The van der Waals surface area contributed by atoms with Gasteiger partial charge in [0.05, 0.1) is 41.0 Å². The van der Waals surface area contributed by atoms with Crippen molar-refractivity contribution in [2.45, 2.75) is 25.3 Å². The molecule has 2 heterocycles. The van der Waals surface area contributed by atoms with Crippen LogP contribution >= 0.6 is 11.3 Å². The van der Waals surface area contributed by atoms with Crippen molar-refractivity contribution in [1.82, 2.24) is 14.8 Å². The molecule has 1 N–H and O–H groups in total. The highest BCUT2D eigenvalue weighted by Crippen LogP contribution is 2.25. The Morgan fingerprint density at radius 3 is 2.65 bits per heavy atom. The molecule has 1 aliphatic carbocycles. The zero-order valence-corrected chi connectivity index (χ0v) is 17.7. The molecule has 31 heavy (non-hydrogen) atoms. The predicted octanol–water partition coefficient (Wildman–Crippen LogP) is 3.08. The van der Waals surface area contributed by atoms with Crippen LogP contribution in [0.5, 0.6) is 0 Å². The van der Waals surface area contributed by atoms with Gasteiger partial charge in [0.1, 0.15) is 0 Å². The van der Waals surface area contributed by atoms with Gasteiger partial charge in [-0.25, -0.2) is 4.98 Å². The molecule has 0 saturated heterocycles. The Morgan fingerprint density at radius 1 is 1.23 bits per heavy atom. The van der Waals surface area contributed by atoms with Crippen LogP contribution in [0.15, 0.2) is 58.3 Å². The van der Waals surface area contributed by atoms with E-state index in [1.807, 2.05) is 36.4 Å². The van der Waals surface area contributed by atoms with Gasteiger partial charge in [0.2, 0.25) is 5.13 Å². The molecule has 0 unspecified atom stereocenters. The minimum Gasteiger partial charge on any atom is -0.469 e. The number of para-hydroxylation sites is 1. The topological polar surface area (TPSA) is 89.3 Å². The van der Waals surface area contributed by atoms with Gasteiger partial charge in [-0.15, -0.1) is 0 Å². The first-order chi connectivity index (χ1) is 15.1. The number of H-pyrrole nitrogens is 1. The van der Waals surface area contributed by atoms with Crippen LogP contribution < -0.4 is 5.56 Å². The molecule has 4 aromatic rings. The smallest absolute Gasteiger partial charge is 0.311 e. The monoisotopic (exact) mass is 432 g/mol. The molecule has 1 aliphatic rings. The van der Waals surface area contributed by atoms with Crippen LogP contribution in [-0.2, 0) is 28.8 Å². The summed E-state index contributed by atoms with van der Waals surface area (Å²) in [6, 6.07) is 16.1. The van der Waals surface area contributed by atoms with Crippen LogP contribution in [0.25, 0.3) is 15.3 Å². The van der Waals surface area contributed by atoms with Gasteiger partial charge in [-0.1, -0.05) is 47.7 Å². The van der Waals surface area contributed by atoms with Crippen molar-refractivity contribution in [3.8, 4) is 5.13 Å². The number of hydrogen-bond donors (Lipinski definition) is 1. The number of carbonyl (C=O) groups is 1. The summed E-state index contributed by atoms with van der Waals surface area (Å²) in [6.45, 7) is 0. The van der Waals surface area contributed by atoms with Crippen molar-refractivity contribution in [3.63, 3.8) is 0 Å². The van der Waals surface area contributed by atoms with Crippen LogP contribution in [-0.4, -0.2) is 40.1 Å². The summed E-state index contributed by atoms with van der Waals surface area (Å²) in [5.41, 5.74) is 3.95. The van der Waals surface area contributed by atoms with Crippen LogP contribution in [0.1, 0.15) is 22.4 Å². The maximum Gasteiger partial charge on any atom is 0.311 e. The van der Waals surface area contributed by atoms with Crippen molar-refractivity contribution < 1.29 is 9.53 Å². The second-order valence-corrected chi connectivity index (χ2v) is 8.48. The number of esters is 1. The van der Waals surface area contributed by atoms with Crippen LogP contribution in [0.3, 0.4) is 0 Å². The number of thiazole rings is 1. The number of ether oxygens (including phenoxy) is 1. The molecular weight excluding hydrogens is 412 g/mol. The van der Waals surface area contributed by atoms with Crippen LogP contribution in [0, 0.1) is 0 Å². The van der Waals surface area contributed by atoms with Gasteiger partial charge < -0.3 is 4.74 Å². The fourth-order valence-electron chi connectivity index (χ4n) is 3.89. The lowest BCUT2D eigenvalue weighted by Crippen LogP contribution is -2.17. The van der Waals surface area contributed by atoms with Gasteiger partial charge in [-0.05, 0) is 36.1 Å². The maximum absolute atomic E-state index is 13.2. The number of nitrogens with one attached hydrogen (secondary N) is 1. The van der Waals surface area contributed by atoms with E-state index in [1.165, 1.54) is 34.3 Å². The zero-order valence-electron chi connectivity index (χ0n) is 16.9. The summed E-state index contributed by atoms with van der Waals surface area (Å²) in [6.07, 6.45) is 3.23. The number of methoxy groups -OCH3 is 1. The number of aliphatic imine (C=N–C) groups is 1. The molecule has 0 saturated carbocycles. The number of fused-ring (bicyclic) bond motifs is 2. The fourth-order valence-corrected chi connectivity index (χ4v) is 4.82. The normalized spacial score (nSPS) is 13.8. The van der Waals surface area contributed by atoms with Crippen molar-refractivity contribution in [3.05, 3.63) is 81.3 Å². The third kappa shape index (κ3) is 3.70. The Hall–Kier alpha value is -3.52. The SMILES string of the molecule is COC(=O)Cc1[nH]n(-c2nc3ccccc3s2)c(=O)c1C=NC1Cc2ccccc2C1. The predicted molar refractivity (Wildman–Crippen MR) is 121 cm³/mol. The number of hydrogen-bond acceptors (Lipinski definition) is 6. The van der Waals surface area contributed by atoms with Crippen LogP contribution in [0.2, 0.25) is 0 Å². The summed E-state index contributed by atoms with van der Waals surface area (Å²) in [5, 5.41) is 3.56. The minimum absolute atomic E-state index is 0.0458. The summed E-state index contributed by atoms with van der Waals surface area (Å²) < 4.78 is 7.17. The Bertz CT molecular complexity index is 1310. The number of rotatable bonds is 5. The number of aromatic amines is 1. The van der Waals surface area contributed by atoms with E-state index in [0.29, 0.717) is 16.4 Å². The standard InChI is InChI=1S/C23H20N4O3S/c1-30-21(28)12-19-17(13-24-16-10-14-6-2-3-7-15(14)11-16)22(29)27(26-19)23-25-18-8-4-5-9-20(18)31-23/h2-9,13,16,26H,10-12H2,1H3. The largest absolute Gasteiger partial charge is 0.469 e. The molecule has 0 amide bonds. The maximum atomic E-state index is 13.2. The number of carbonyl (C=O) groups excluding carboxylic acids is 1. The van der Waals surface area contributed by atoms with Gasteiger partial charge in [-0.3, -0.25) is 19.7 Å². The first kappa shape index (κ1) is 19.4. The van der Waals surface area contributed by atoms with E-state index < -0.39 is 5.97 Å². The number of benzene rings is 2. The van der Waals surface area contributed by atoms with Gasteiger partial charge in [0, 0.05) is 6.21 Å². The summed E-state index contributed by atoms with van der Waals surface area (Å²) >= 11 is 1.41.